The predicted octanol–water partition coefficient (Wildman–Crippen LogP) is 1.18. The smallest absolute Gasteiger partial charge is 0.268 e. The molecular weight excluding hydrogens is 350 g/mol. The minimum Gasteiger partial charge on any atom is -0.497 e. The molecule has 3 aromatic rings. The van der Waals surface area contributed by atoms with Gasteiger partial charge in [-0.15, -0.1) is 0 Å². The molecule has 0 aliphatic rings. The van der Waals surface area contributed by atoms with Crippen LogP contribution in [0.15, 0.2) is 29.4 Å². The number of rotatable bonds is 6. The zero-order valence-electron chi connectivity index (χ0n) is 13.6. The number of aromatic amines is 1. The number of hydrogen-bond donors (Lipinski definition) is 2. The third-order valence-electron chi connectivity index (χ3n) is 3.33. The Morgan fingerprint density at radius 2 is 1.88 bits per heavy atom. The van der Waals surface area contributed by atoms with Crippen LogP contribution in [0.3, 0.4) is 0 Å². The van der Waals surface area contributed by atoms with E-state index >= 15 is 0 Å². The average molecular weight is 365 g/mol. The summed E-state index contributed by atoms with van der Waals surface area (Å²) in [6, 6.07) is 4.42. The van der Waals surface area contributed by atoms with Crippen molar-refractivity contribution in [3.8, 4) is 17.4 Å². The van der Waals surface area contributed by atoms with Gasteiger partial charge in [0.25, 0.3) is 10.0 Å². The summed E-state index contributed by atoms with van der Waals surface area (Å²) in [5.74, 6) is 0.502. The molecule has 0 saturated heterocycles. The Morgan fingerprint density at radius 1 is 1.08 bits per heavy atom. The monoisotopic (exact) mass is 365 g/mol. The van der Waals surface area contributed by atoms with Crippen molar-refractivity contribution in [1.82, 2.24) is 19.9 Å². The van der Waals surface area contributed by atoms with Crippen LogP contribution in [-0.4, -0.2) is 49.7 Å². The van der Waals surface area contributed by atoms with Crippen LogP contribution in [0.25, 0.3) is 11.2 Å². The van der Waals surface area contributed by atoms with E-state index in [2.05, 4.69) is 24.7 Å². The standard InChI is InChI=1S/C14H15N5O5S/c1-22-8-4-5-9(23-2)10(6-8)25(20,21)19-14-17-12-11(15-7-16-12)13(18-14)24-3/h4-7H,1-3H3,(H2,15,16,17,18,19). The Hall–Kier alpha value is -3.08. The Labute approximate surface area is 143 Å². The molecule has 0 amide bonds. The number of anilines is 1. The van der Waals surface area contributed by atoms with E-state index < -0.39 is 10.0 Å². The fourth-order valence-corrected chi connectivity index (χ4v) is 3.30. The topological polar surface area (TPSA) is 128 Å². The van der Waals surface area contributed by atoms with Crippen LogP contribution in [-0.2, 0) is 10.0 Å². The number of benzene rings is 1. The van der Waals surface area contributed by atoms with Gasteiger partial charge in [0.1, 0.15) is 21.9 Å². The summed E-state index contributed by atoms with van der Waals surface area (Å²) in [7, 11) is 0.177. The number of imidazole rings is 1. The van der Waals surface area contributed by atoms with Crippen molar-refractivity contribution >= 4 is 27.1 Å². The fraction of sp³-hybridized carbons (Fsp3) is 0.214. The van der Waals surface area contributed by atoms with Gasteiger partial charge in [-0.25, -0.2) is 18.1 Å². The molecule has 11 heteroatoms. The highest BCUT2D eigenvalue weighted by molar-refractivity contribution is 7.92. The van der Waals surface area contributed by atoms with Crippen molar-refractivity contribution in [3.05, 3.63) is 24.5 Å². The van der Waals surface area contributed by atoms with Gasteiger partial charge in [-0.3, -0.25) is 0 Å². The molecule has 25 heavy (non-hydrogen) atoms. The number of sulfonamides is 1. The summed E-state index contributed by atoms with van der Waals surface area (Å²) in [4.78, 5) is 14.8. The third kappa shape index (κ3) is 3.13. The molecule has 0 bridgehead atoms. The van der Waals surface area contributed by atoms with Crippen LogP contribution in [0.4, 0.5) is 5.95 Å². The Balaban J connectivity index is 2.05. The molecule has 0 radical (unpaired) electrons. The molecule has 0 saturated carbocycles. The SMILES string of the molecule is COc1ccc(OC)c(S(=O)(=O)Nc2nc(OC)c3[nH]cnc3n2)c1. The zero-order valence-corrected chi connectivity index (χ0v) is 14.4. The van der Waals surface area contributed by atoms with Gasteiger partial charge in [-0.2, -0.15) is 9.97 Å². The number of aromatic nitrogens is 4. The molecule has 0 aliphatic carbocycles. The molecule has 2 N–H and O–H groups in total. The average Bonchev–Trinajstić information content (AvgIpc) is 3.08. The second-order valence-electron chi connectivity index (χ2n) is 4.78. The number of H-pyrrole nitrogens is 1. The number of ether oxygens (including phenoxy) is 3. The molecule has 0 atom stereocenters. The molecule has 132 valence electrons. The van der Waals surface area contributed by atoms with Crippen LogP contribution in [0, 0.1) is 0 Å². The van der Waals surface area contributed by atoms with Crippen molar-refractivity contribution in [1.29, 1.82) is 0 Å². The number of methoxy groups -OCH3 is 3. The first-order valence-corrected chi connectivity index (χ1v) is 8.46. The summed E-state index contributed by atoms with van der Waals surface area (Å²) < 4.78 is 43.1. The highest BCUT2D eigenvalue weighted by Gasteiger charge is 2.23. The lowest BCUT2D eigenvalue weighted by atomic mass is 10.3. The molecule has 1 aromatic carbocycles. The summed E-state index contributed by atoms with van der Waals surface area (Å²) in [5.41, 5.74) is 0.728. The first-order chi connectivity index (χ1) is 12.0. The van der Waals surface area contributed by atoms with Crippen LogP contribution in [0.2, 0.25) is 0 Å². The van der Waals surface area contributed by atoms with Crippen molar-refractivity contribution in [2.45, 2.75) is 4.90 Å². The summed E-state index contributed by atoms with van der Waals surface area (Å²) in [6.45, 7) is 0. The highest BCUT2D eigenvalue weighted by Crippen LogP contribution is 2.30. The second kappa shape index (κ2) is 6.43. The van der Waals surface area contributed by atoms with Gasteiger partial charge in [0, 0.05) is 6.07 Å². The maximum atomic E-state index is 12.7. The molecule has 2 aromatic heterocycles. The van der Waals surface area contributed by atoms with E-state index in [1.807, 2.05) is 0 Å². The normalized spacial score (nSPS) is 11.3. The van der Waals surface area contributed by atoms with Crippen molar-refractivity contribution in [3.63, 3.8) is 0 Å². The van der Waals surface area contributed by atoms with Crippen molar-refractivity contribution < 1.29 is 22.6 Å². The van der Waals surface area contributed by atoms with Crippen LogP contribution in [0.5, 0.6) is 17.4 Å². The van der Waals surface area contributed by atoms with Gasteiger partial charge < -0.3 is 19.2 Å². The van der Waals surface area contributed by atoms with Gasteiger partial charge in [0.05, 0.1) is 27.7 Å². The van der Waals surface area contributed by atoms with E-state index in [1.54, 1.807) is 6.07 Å². The first-order valence-electron chi connectivity index (χ1n) is 6.98. The van der Waals surface area contributed by atoms with E-state index in [9.17, 15) is 8.42 Å². The van der Waals surface area contributed by atoms with E-state index in [0.717, 1.165) is 0 Å². The fourth-order valence-electron chi connectivity index (χ4n) is 2.17. The summed E-state index contributed by atoms with van der Waals surface area (Å²) in [6.07, 6.45) is 1.41. The van der Waals surface area contributed by atoms with Crippen molar-refractivity contribution in [2.24, 2.45) is 0 Å². The lowest BCUT2D eigenvalue weighted by Crippen LogP contribution is -2.16. The highest BCUT2D eigenvalue weighted by atomic mass is 32.2. The summed E-state index contributed by atoms with van der Waals surface area (Å²) >= 11 is 0. The third-order valence-corrected chi connectivity index (χ3v) is 4.68. The lowest BCUT2D eigenvalue weighted by molar-refractivity contribution is 0.392. The molecule has 10 nitrogen and oxygen atoms in total. The molecule has 2 heterocycles. The van der Waals surface area contributed by atoms with E-state index in [-0.39, 0.29) is 28.1 Å². The summed E-state index contributed by atoms with van der Waals surface area (Å²) in [5, 5.41) is 0. The van der Waals surface area contributed by atoms with Crippen LogP contribution < -0.4 is 18.9 Å². The quantitative estimate of drug-likeness (QED) is 0.666. The molecule has 0 unspecified atom stereocenters. The first kappa shape index (κ1) is 16.8. The molecule has 3 rings (SSSR count). The van der Waals surface area contributed by atoms with Crippen molar-refractivity contribution in [2.75, 3.05) is 26.1 Å². The molecule has 0 spiro atoms. The van der Waals surface area contributed by atoms with E-state index in [0.29, 0.717) is 11.3 Å². The number of nitrogens with zero attached hydrogens (tertiary/aromatic N) is 3. The second-order valence-corrected chi connectivity index (χ2v) is 6.43. The number of fused-ring (bicyclic) bond motifs is 1. The van der Waals surface area contributed by atoms with Gasteiger partial charge in [0.15, 0.2) is 5.65 Å². The Kier molecular flexibility index (Phi) is 4.31. The lowest BCUT2D eigenvalue weighted by Gasteiger charge is -2.12. The van der Waals surface area contributed by atoms with Gasteiger partial charge in [0.2, 0.25) is 11.8 Å². The van der Waals surface area contributed by atoms with Gasteiger partial charge in [-0.1, -0.05) is 0 Å². The largest absolute Gasteiger partial charge is 0.497 e. The molecular formula is C14H15N5O5S. The van der Waals surface area contributed by atoms with Crippen LogP contribution in [0.1, 0.15) is 0 Å². The predicted molar refractivity (Wildman–Crippen MR) is 88.6 cm³/mol. The minimum atomic E-state index is -4.04. The van der Waals surface area contributed by atoms with Gasteiger partial charge in [-0.05, 0) is 12.1 Å². The van der Waals surface area contributed by atoms with Crippen LogP contribution >= 0.6 is 0 Å². The van der Waals surface area contributed by atoms with E-state index in [1.165, 1.54) is 39.8 Å². The number of nitrogens with one attached hydrogen (secondary N) is 2. The Morgan fingerprint density at radius 3 is 2.56 bits per heavy atom. The van der Waals surface area contributed by atoms with E-state index in [4.69, 9.17) is 14.2 Å². The zero-order chi connectivity index (χ0) is 18.0. The Bertz CT molecular complexity index is 1020. The van der Waals surface area contributed by atoms with Gasteiger partial charge >= 0.3 is 0 Å². The maximum absolute atomic E-state index is 12.7. The maximum Gasteiger partial charge on any atom is 0.268 e. The molecule has 0 aliphatic heterocycles. The molecule has 0 fully saturated rings. The number of hydrogen-bond acceptors (Lipinski definition) is 8. The minimum absolute atomic E-state index is 0.112.